The number of anilines is 1. The third-order valence-corrected chi connectivity index (χ3v) is 3.59. The van der Waals surface area contributed by atoms with Crippen LogP contribution in [0.2, 0.25) is 0 Å². The second-order valence-corrected chi connectivity index (χ2v) is 5.79. The molecule has 1 aliphatic heterocycles. The van der Waals surface area contributed by atoms with Crippen molar-refractivity contribution in [2.24, 2.45) is 5.14 Å². The van der Waals surface area contributed by atoms with Crippen LogP contribution in [0.15, 0.2) is 17.0 Å². The van der Waals surface area contributed by atoms with Crippen molar-refractivity contribution < 1.29 is 31.5 Å². The summed E-state index contributed by atoms with van der Waals surface area (Å²) in [5.74, 6) is -3.32. The Morgan fingerprint density at radius 1 is 1.29 bits per heavy atom. The van der Waals surface area contributed by atoms with E-state index in [-0.39, 0.29) is 13.2 Å². The highest BCUT2D eigenvalue weighted by atomic mass is 32.2. The Morgan fingerprint density at radius 3 is 2.38 bits per heavy atom. The molecule has 0 radical (unpaired) electrons. The molecule has 1 amide bonds. The van der Waals surface area contributed by atoms with E-state index in [1.54, 1.807) is 0 Å². The number of hydrogen-bond acceptors (Lipinski definition) is 5. The molecule has 2 rings (SSSR count). The number of carbonyl (C=O) groups is 1. The van der Waals surface area contributed by atoms with Crippen molar-refractivity contribution in [2.45, 2.75) is 11.0 Å². The summed E-state index contributed by atoms with van der Waals surface area (Å²) in [5.41, 5.74) is -0.776. The normalized spacial score (nSPS) is 19.3. The summed E-state index contributed by atoms with van der Waals surface area (Å²) in [6.45, 7) is 0.479. The van der Waals surface area contributed by atoms with Gasteiger partial charge in [0, 0.05) is 0 Å². The predicted octanol–water partition coefficient (Wildman–Crippen LogP) is -0.0339. The summed E-state index contributed by atoms with van der Waals surface area (Å²) < 4.78 is 59.6. The molecule has 1 aromatic rings. The maximum absolute atomic E-state index is 13.7. The Labute approximate surface area is 119 Å². The standard InChI is InChI=1S/C11H12F2N2O5S/c12-7-3-6(21(14,17)18)4-8(13)10(7)15-11(16)9-5-19-1-2-20-9/h3-4,9H,1-2,5H2,(H,15,16)(H2,14,17,18). The zero-order valence-corrected chi connectivity index (χ0v) is 11.5. The van der Waals surface area contributed by atoms with Crippen LogP contribution in [0.25, 0.3) is 0 Å². The van der Waals surface area contributed by atoms with Crippen molar-refractivity contribution in [2.75, 3.05) is 25.1 Å². The third-order valence-electron chi connectivity index (χ3n) is 2.70. The van der Waals surface area contributed by atoms with Crippen LogP contribution in [0.5, 0.6) is 0 Å². The van der Waals surface area contributed by atoms with Gasteiger partial charge in [0.25, 0.3) is 5.91 Å². The van der Waals surface area contributed by atoms with Gasteiger partial charge in [-0.25, -0.2) is 22.3 Å². The summed E-state index contributed by atoms with van der Waals surface area (Å²) in [7, 11) is -4.25. The van der Waals surface area contributed by atoms with E-state index in [1.165, 1.54) is 0 Å². The summed E-state index contributed by atoms with van der Waals surface area (Å²) in [5, 5.41) is 6.78. The molecule has 1 aromatic carbocycles. The fraction of sp³-hybridized carbons (Fsp3) is 0.364. The molecule has 10 heteroatoms. The topological polar surface area (TPSA) is 108 Å². The molecule has 0 aliphatic carbocycles. The van der Waals surface area contributed by atoms with Gasteiger partial charge in [0.1, 0.15) is 5.69 Å². The fourth-order valence-corrected chi connectivity index (χ4v) is 2.21. The summed E-state index contributed by atoms with van der Waals surface area (Å²) in [4.78, 5) is 11.0. The second-order valence-electron chi connectivity index (χ2n) is 4.23. The largest absolute Gasteiger partial charge is 0.376 e. The number of primary sulfonamides is 1. The molecule has 0 bridgehead atoms. The Morgan fingerprint density at radius 2 is 1.90 bits per heavy atom. The van der Waals surface area contributed by atoms with Gasteiger partial charge in [-0.3, -0.25) is 4.79 Å². The van der Waals surface area contributed by atoms with Crippen molar-refractivity contribution in [1.29, 1.82) is 0 Å². The van der Waals surface area contributed by atoms with Gasteiger partial charge in [-0.2, -0.15) is 0 Å². The number of benzene rings is 1. The lowest BCUT2D eigenvalue weighted by Gasteiger charge is -2.22. The Kier molecular flexibility index (Phi) is 4.52. The molecule has 1 unspecified atom stereocenters. The molecule has 1 saturated heterocycles. The first-order valence-corrected chi connectivity index (χ1v) is 7.35. The average molecular weight is 322 g/mol. The number of rotatable bonds is 3. The molecule has 0 saturated carbocycles. The molecule has 21 heavy (non-hydrogen) atoms. The van der Waals surface area contributed by atoms with Crippen LogP contribution in [-0.2, 0) is 24.3 Å². The molecular formula is C11H12F2N2O5S. The van der Waals surface area contributed by atoms with Gasteiger partial charge in [0.05, 0.1) is 24.7 Å². The lowest BCUT2D eigenvalue weighted by Crippen LogP contribution is -2.39. The molecule has 3 N–H and O–H groups in total. The molecule has 7 nitrogen and oxygen atoms in total. The van der Waals surface area contributed by atoms with E-state index in [0.717, 1.165) is 0 Å². The van der Waals surface area contributed by atoms with Crippen LogP contribution in [-0.4, -0.2) is 40.2 Å². The third kappa shape index (κ3) is 3.73. The SMILES string of the molecule is NS(=O)(=O)c1cc(F)c(NC(=O)C2COCCO2)c(F)c1. The van der Waals surface area contributed by atoms with E-state index in [0.29, 0.717) is 18.7 Å². The molecule has 1 fully saturated rings. The first kappa shape index (κ1) is 15.8. The van der Waals surface area contributed by atoms with Gasteiger partial charge in [-0.1, -0.05) is 0 Å². The molecular weight excluding hydrogens is 310 g/mol. The lowest BCUT2D eigenvalue weighted by atomic mass is 10.2. The van der Waals surface area contributed by atoms with Gasteiger partial charge in [-0.05, 0) is 12.1 Å². The van der Waals surface area contributed by atoms with E-state index in [2.05, 4.69) is 0 Å². The van der Waals surface area contributed by atoms with Crippen molar-refractivity contribution >= 4 is 21.6 Å². The molecule has 116 valence electrons. The number of nitrogens with one attached hydrogen (secondary N) is 1. The molecule has 1 atom stereocenters. The van der Waals surface area contributed by atoms with Gasteiger partial charge in [-0.15, -0.1) is 0 Å². The van der Waals surface area contributed by atoms with Gasteiger partial charge >= 0.3 is 0 Å². The minimum absolute atomic E-state index is 0.0374. The van der Waals surface area contributed by atoms with E-state index in [4.69, 9.17) is 14.6 Å². The smallest absolute Gasteiger partial charge is 0.256 e. The van der Waals surface area contributed by atoms with Crippen LogP contribution in [0.1, 0.15) is 0 Å². The van der Waals surface area contributed by atoms with Gasteiger partial charge < -0.3 is 14.8 Å². The highest BCUT2D eigenvalue weighted by Crippen LogP contribution is 2.23. The van der Waals surface area contributed by atoms with Crippen LogP contribution in [0, 0.1) is 11.6 Å². The molecule has 0 spiro atoms. The second kappa shape index (κ2) is 6.02. The average Bonchev–Trinajstić information content (AvgIpc) is 2.42. The number of sulfonamides is 1. The quantitative estimate of drug-likeness (QED) is 0.812. The summed E-state index contributed by atoms with van der Waals surface area (Å²) >= 11 is 0. The van der Waals surface area contributed by atoms with Gasteiger partial charge in [0.2, 0.25) is 10.0 Å². The highest BCUT2D eigenvalue weighted by Gasteiger charge is 2.25. The van der Waals surface area contributed by atoms with E-state index < -0.39 is 44.3 Å². The lowest BCUT2D eigenvalue weighted by molar-refractivity contribution is -0.142. The van der Waals surface area contributed by atoms with E-state index >= 15 is 0 Å². The Hall–Kier alpha value is -1.62. The summed E-state index contributed by atoms with van der Waals surface area (Å²) in [6.07, 6.45) is -0.990. The highest BCUT2D eigenvalue weighted by molar-refractivity contribution is 7.89. The van der Waals surface area contributed by atoms with Crippen LogP contribution in [0.4, 0.5) is 14.5 Å². The minimum Gasteiger partial charge on any atom is -0.376 e. The van der Waals surface area contributed by atoms with Crippen LogP contribution in [0.3, 0.4) is 0 Å². The van der Waals surface area contributed by atoms with Crippen molar-refractivity contribution in [3.63, 3.8) is 0 Å². The van der Waals surface area contributed by atoms with Gasteiger partial charge in [0.15, 0.2) is 17.7 Å². The number of amides is 1. The number of ether oxygens (including phenoxy) is 2. The first-order chi connectivity index (χ1) is 9.79. The van der Waals surface area contributed by atoms with E-state index in [1.807, 2.05) is 5.32 Å². The van der Waals surface area contributed by atoms with Crippen molar-refractivity contribution in [3.05, 3.63) is 23.8 Å². The maximum atomic E-state index is 13.7. The van der Waals surface area contributed by atoms with E-state index in [9.17, 15) is 22.0 Å². The number of carbonyl (C=O) groups excluding carboxylic acids is 1. The zero-order valence-electron chi connectivity index (χ0n) is 10.6. The van der Waals surface area contributed by atoms with Crippen molar-refractivity contribution in [1.82, 2.24) is 0 Å². The number of halogens is 2. The Bertz CT molecular complexity index is 636. The number of nitrogens with two attached hydrogens (primary N) is 1. The first-order valence-electron chi connectivity index (χ1n) is 5.81. The van der Waals surface area contributed by atoms with Crippen LogP contribution >= 0.6 is 0 Å². The minimum atomic E-state index is -4.25. The monoisotopic (exact) mass is 322 g/mol. The molecule has 0 aromatic heterocycles. The summed E-state index contributed by atoms with van der Waals surface area (Å²) in [6, 6.07) is 1.04. The Balaban J connectivity index is 2.22. The predicted molar refractivity (Wildman–Crippen MR) is 66.9 cm³/mol. The molecule has 1 heterocycles. The van der Waals surface area contributed by atoms with Crippen LogP contribution < -0.4 is 10.5 Å². The fourth-order valence-electron chi connectivity index (χ4n) is 1.68. The van der Waals surface area contributed by atoms with Crippen molar-refractivity contribution in [3.8, 4) is 0 Å². The maximum Gasteiger partial charge on any atom is 0.256 e. The number of hydrogen-bond donors (Lipinski definition) is 2. The zero-order chi connectivity index (χ0) is 15.6. The molecule has 1 aliphatic rings.